The van der Waals surface area contributed by atoms with Crippen LogP contribution in [0.2, 0.25) is 0 Å². The summed E-state index contributed by atoms with van der Waals surface area (Å²) in [7, 11) is 1.73. The number of rotatable bonds is 7. The number of benzene rings is 1. The van der Waals surface area contributed by atoms with E-state index < -0.39 is 0 Å². The number of methoxy groups -OCH3 is 1. The van der Waals surface area contributed by atoms with Crippen LogP contribution in [0, 0.1) is 0 Å². The molecule has 0 spiro atoms. The molecule has 4 nitrogen and oxygen atoms in total. The van der Waals surface area contributed by atoms with E-state index in [-0.39, 0.29) is 6.04 Å². The van der Waals surface area contributed by atoms with Gasteiger partial charge < -0.3 is 20.5 Å². The van der Waals surface area contributed by atoms with Gasteiger partial charge in [0.25, 0.3) is 0 Å². The van der Waals surface area contributed by atoms with Crippen LogP contribution < -0.4 is 15.8 Å². The van der Waals surface area contributed by atoms with Crippen LogP contribution in [-0.4, -0.2) is 32.9 Å². The Morgan fingerprint density at radius 3 is 3.11 bits per heavy atom. The third kappa shape index (κ3) is 3.22. The molecule has 2 atom stereocenters. The van der Waals surface area contributed by atoms with Gasteiger partial charge in [0.1, 0.15) is 12.4 Å². The molecule has 0 saturated carbocycles. The van der Waals surface area contributed by atoms with Crippen molar-refractivity contribution in [3.63, 3.8) is 0 Å². The Kier molecular flexibility index (Phi) is 4.99. The molecule has 0 saturated heterocycles. The van der Waals surface area contributed by atoms with Crippen LogP contribution in [0.4, 0.5) is 0 Å². The molecule has 0 amide bonds. The molecule has 1 aliphatic rings. The van der Waals surface area contributed by atoms with E-state index in [1.807, 2.05) is 18.2 Å². The van der Waals surface area contributed by atoms with Gasteiger partial charge in [-0.25, -0.2) is 0 Å². The van der Waals surface area contributed by atoms with Crippen LogP contribution in [0.15, 0.2) is 24.3 Å². The van der Waals surface area contributed by atoms with Gasteiger partial charge in [-0.1, -0.05) is 18.2 Å². The van der Waals surface area contributed by atoms with E-state index in [4.69, 9.17) is 15.2 Å². The number of nitrogens with one attached hydrogen (secondary N) is 1. The fourth-order valence-electron chi connectivity index (χ4n) is 2.37. The third-order valence-corrected chi connectivity index (χ3v) is 3.26. The van der Waals surface area contributed by atoms with E-state index in [9.17, 15) is 0 Å². The van der Waals surface area contributed by atoms with Gasteiger partial charge in [0.15, 0.2) is 0 Å². The predicted molar refractivity (Wildman–Crippen MR) is 71.8 cm³/mol. The molecule has 1 aromatic carbocycles. The van der Waals surface area contributed by atoms with E-state index in [0.29, 0.717) is 19.3 Å². The second kappa shape index (κ2) is 6.73. The van der Waals surface area contributed by atoms with Crippen molar-refractivity contribution in [2.45, 2.75) is 24.9 Å². The lowest BCUT2D eigenvalue weighted by Crippen LogP contribution is -2.37. The summed E-state index contributed by atoms with van der Waals surface area (Å²) in [5.74, 6) is 0.991. The monoisotopic (exact) mass is 250 g/mol. The maximum atomic E-state index is 5.67. The van der Waals surface area contributed by atoms with Crippen molar-refractivity contribution >= 4 is 0 Å². The smallest absolute Gasteiger partial charge is 0.124 e. The molecular weight excluding hydrogens is 228 g/mol. The summed E-state index contributed by atoms with van der Waals surface area (Å²) in [5, 5.41) is 3.60. The van der Waals surface area contributed by atoms with E-state index in [1.165, 1.54) is 5.56 Å². The zero-order valence-corrected chi connectivity index (χ0v) is 10.9. The van der Waals surface area contributed by atoms with Crippen molar-refractivity contribution < 1.29 is 9.47 Å². The first kappa shape index (κ1) is 13.3. The molecule has 0 radical (unpaired) electrons. The first-order chi connectivity index (χ1) is 8.85. The number of para-hydroxylation sites is 1. The van der Waals surface area contributed by atoms with Crippen LogP contribution in [0.1, 0.15) is 24.4 Å². The van der Waals surface area contributed by atoms with Gasteiger partial charge in [0.05, 0.1) is 12.6 Å². The minimum atomic E-state index is 0.263. The van der Waals surface area contributed by atoms with E-state index >= 15 is 0 Å². The van der Waals surface area contributed by atoms with Crippen molar-refractivity contribution in [3.8, 4) is 5.75 Å². The number of hydrogen-bond donors (Lipinski definition) is 2. The maximum absolute atomic E-state index is 5.67. The lowest BCUT2D eigenvalue weighted by Gasteiger charge is -2.21. The molecule has 1 aromatic rings. The minimum Gasteiger partial charge on any atom is -0.491 e. The first-order valence-electron chi connectivity index (χ1n) is 6.52. The van der Waals surface area contributed by atoms with E-state index in [1.54, 1.807) is 7.11 Å². The fourth-order valence-corrected chi connectivity index (χ4v) is 2.37. The lowest BCUT2D eigenvalue weighted by molar-refractivity contribution is 0.152. The summed E-state index contributed by atoms with van der Waals surface area (Å²) in [6.07, 6.45) is 2.04. The van der Waals surface area contributed by atoms with Gasteiger partial charge >= 0.3 is 0 Å². The highest BCUT2D eigenvalue weighted by atomic mass is 16.5. The van der Waals surface area contributed by atoms with Crippen LogP contribution >= 0.6 is 0 Å². The molecule has 0 aromatic heterocycles. The Morgan fingerprint density at radius 1 is 1.50 bits per heavy atom. The highest BCUT2D eigenvalue weighted by Crippen LogP contribution is 2.32. The van der Waals surface area contributed by atoms with Crippen molar-refractivity contribution in [3.05, 3.63) is 29.8 Å². The van der Waals surface area contributed by atoms with Crippen molar-refractivity contribution in [2.75, 3.05) is 26.9 Å². The SMILES string of the molecule is COCC(CCCN)NC1COc2ccccc21. The summed E-state index contributed by atoms with van der Waals surface area (Å²) < 4.78 is 10.9. The average Bonchev–Trinajstić information content (AvgIpc) is 2.80. The summed E-state index contributed by atoms with van der Waals surface area (Å²) >= 11 is 0. The quantitative estimate of drug-likeness (QED) is 0.769. The second-order valence-corrected chi connectivity index (χ2v) is 4.65. The molecule has 0 bridgehead atoms. The summed E-state index contributed by atoms with van der Waals surface area (Å²) in [6, 6.07) is 8.78. The normalized spacial score (nSPS) is 19.3. The Labute approximate surface area is 108 Å². The number of hydrogen-bond acceptors (Lipinski definition) is 4. The summed E-state index contributed by atoms with van der Waals surface area (Å²) in [6.45, 7) is 2.13. The van der Waals surface area contributed by atoms with Crippen molar-refractivity contribution in [2.24, 2.45) is 5.73 Å². The molecule has 100 valence electrons. The first-order valence-corrected chi connectivity index (χ1v) is 6.52. The standard InChI is InChI=1S/C14H22N2O2/c1-17-9-11(5-4-8-15)16-13-10-18-14-7-3-2-6-12(13)14/h2-3,6-7,11,13,16H,4-5,8-10,15H2,1H3. The highest BCUT2D eigenvalue weighted by Gasteiger charge is 2.25. The van der Waals surface area contributed by atoms with Gasteiger partial charge in [-0.05, 0) is 25.5 Å². The van der Waals surface area contributed by atoms with Gasteiger partial charge in [-0.3, -0.25) is 0 Å². The summed E-state index contributed by atoms with van der Waals surface area (Å²) in [5.41, 5.74) is 6.81. The molecule has 1 aliphatic heterocycles. The molecule has 0 fully saturated rings. The van der Waals surface area contributed by atoms with Gasteiger partial charge in [0, 0.05) is 18.7 Å². The maximum Gasteiger partial charge on any atom is 0.124 e. The number of ether oxygens (including phenoxy) is 2. The molecule has 2 rings (SSSR count). The molecular formula is C14H22N2O2. The molecule has 1 heterocycles. The summed E-state index contributed by atoms with van der Waals surface area (Å²) in [4.78, 5) is 0. The molecule has 3 N–H and O–H groups in total. The Bertz CT molecular complexity index is 371. The highest BCUT2D eigenvalue weighted by molar-refractivity contribution is 5.39. The Hall–Kier alpha value is -1.10. The van der Waals surface area contributed by atoms with Gasteiger partial charge in [0.2, 0.25) is 0 Å². The topological polar surface area (TPSA) is 56.5 Å². The lowest BCUT2D eigenvalue weighted by atomic mass is 10.1. The average molecular weight is 250 g/mol. The molecule has 18 heavy (non-hydrogen) atoms. The second-order valence-electron chi connectivity index (χ2n) is 4.65. The van der Waals surface area contributed by atoms with Crippen LogP contribution in [0.25, 0.3) is 0 Å². The van der Waals surface area contributed by atoms with Gasteiger partial charge in [-0.15, -0.1) is 0 Å². The fraction of sp³-hybridized carbons (Fsp3) is 0.571. The van der Waals surface area contributed by atoms with Crippen molar-refractivity contribution in [1.82, 2.24) is 5.32 Å². The molecule has 0 aliphatic carbocycles. The van der Waals surface area contributed by atoms with Crippen LogP contribution in [0.5, 0.6) is 5.75 Å². The van der Waals surface area contributed by atoms with E-state index in [2.05, 4.69) is 11.4 Å². The zero-order chi connectivity index (χ0) is 12.8. The third-order valence-electron chi connectivity index (χ3n) is 3.26. The van der Waals surface area contributed by atoms with E-state index in [0.717, 1.165) is 25.1 Å². The predicted octanol–water partition coefficient (Wildman–Crippen LogP) is 1.46. The molecule has 4 heteroatoms. The number of nitrogens with two attached hydrogens (primary N) is 1. The Balaban J connectivity index is 1.95. The molecule has 2 unspecified atom stereocenters. The van der Waals surface area contributed by atoms with Crippen LogP contribution in [0.3, 0.4) is 0 Å². The van der Waals surface area contributed by atoms with Crippen molar-refractivity contribution in [1.29, 1.82) is 0 Å². The number of fused-ring (bicyclic) bond motifs is 1. The Morgan fingerprint density at radius 2 is 2.33 bits per heavy atom. The zero-order valence-electron chi connectivity index (χ0n) is 10.9. The largest absolute Gasteiger partial charge is 0.491 e. The van der Waals surface area contributed by atoms with Crippen LogP contribution in [-0.2, 0) is 4.74 Å². The minimum absolute atomic E-state index is 0.263. The van der Waals surface area contributed by atoms with Gasteiger partial charge in [-0.2, -0.15) is 0 Å².